The zero-order chi connectivity index (χ0) is 21.9. The lowest BCUT2D eigenvalue weighted by Crippen LogP contribution is -2.47. The first kappa shape index (κ1) is 24.4. The second-order valence-electron chi connectivity index (χ2n) is 9.02. The van der Waals surface area contributed by atoms with Gasteiger partial charge in [-0.15, -0.1) is 0 Å². The van der Waals surface area contributed by atoms with Crippen molar-refractivity contribution in [1.29, 1.82) is 0 Å². The standard InChI is InChI=1S/C24H40N4O2/c1-17(2)21-23(29)25-12-7-5-6-8-13-26-24(30)22(18(3)4)28-16-20-11-9-10-19(14-20)15-27-21/h9-11,14,17-18,21-22,27-28H,5-8,12-13,15-16H2,1-4H3,(H,25,29)(H,26,30)/t21-,22?/m0/s1. The Morgan fingerprint density at radius 1 is 0.733 bits per heavy atom. The Labute approximate surface area is 182 Å². The predicted molar refractivity (Wildman–Crippen MR) is 122 cm³/mol. The number of nitrogens with one attached hydrogen (secondary N) is 4. The maximum absolute atomic E-state index is 12.6. The van der Waals surface area contributed by atoms with E-state index in [0.717, 1.165) is 36.8 Å². The van der Waals surface area contributed by atoms with Crippen LogP contribution in [0.1, 0.15) is 64.5 Å². The summed E-state index contributed by atoms with van der Waals surface area (Å²) >= 11 is 0. The van der Waals surface area contributed by atoms with Crippen LogP contribution in [0, 0.1) is 11.8 Å². The molecule has 2 bridgehead atoms. The molecule has 0 fully saturated rings. The van der Waals surface area contributed by atoms with Gasteiger partial charge in [-0.05, 0) is 35.8 Å². The minimum absolute atomic E-state index is 0.0766. The third-order valence-electron chi connectivity index (χ3n) is 5.64. The fraction of sp³-hybridized carbons (Fsp3) is 0.667. The monoisotopic (exact) mass is 416 g/mol. The number of hydrogen-bond acceptors (Lipinski definition) is 4. The van der Waals surface area contributed by atoms with Crippen molar-refractivity contribution in [3.63, 3.8) is 0 Å². The van der Waals surface area contributed by atoms with Crippen molar-refractivity contribution in [3.05, 3.63) is 35.4 Å². The third kappa shape index (κ3) is 8.07. The molecule has 30 heavy (non-hydrogen) atoms. The van der Waals surface area contributed by atoms with Gasteiger partial charge in [0.25, 0.3) is 0 Å². The van der Waals surface area contributed by atoms with Crippen LogP contribution in [0.2, 0.25) is 0 Å². The van der Waals surface area contributed by atoms with Gasteiger partial charge in [-0.2, -0.15) is 0 Å². The quantitative estimate of drug-likeness (QED) is 0.597. The van der Waals surface area contributed by atoms with Crippen LogP contribution in [0.5, 0.6) is 0 Å². The Hall–Kier alpha value is -1.92. The van der Waals surface area contributed by atoms with Crippen molar-refractivity contribution < 1.29 is 9.59 Å². The summed E-state index contributed by atoms with van der Waals surface area (Å²) in [5.74, 6) is 0.584. The first-order valence-electron chi connectivity index (χ1n) is 11.5. The van der Waals surface area contributed by atoms with Crippen LogP contribution in [0.15, 0.2) is 24.3 Å². The van der Waals surface area contributed by atoms with Gasteiger partial charge in [-0.3, -0.25) is 9.59 Å². The molecule has 2 atom stereocenters. The first-order chi connectivity index (χ1) is 14.4. The van der Waals surface area contributed by atoms with E-state index in [0.29, 0.717) is 26.2 Å². The van der Waals surface area contributed by atoms with E-state index in [1.807, 2.05) is 6.07 Å². The minimum atomic E-state index is -0.207. The highest BCUT2D eigenvalue weighted by atomic mass is 16.2. The molecule has 0 aromatic heterocycles. The van der Waals surface area contributed by atoms with Crippen LogP contribution >= 0.6 is 0 Å². The second-order valence-corrected chi connectivity index (χ2v) is 9.02. The van der Waals surface area contributed by atoms with Gasteiger partial charge >= 0.3 is 0 Å². The summed E-state index contributed by atoms with van der Waals surface area (Å²) in [7, 11) is 0. The van der Waals surface area contributed by atoms with E-state index in [2.05, 4.69) is 67.2 Å². The van der Waals surface area contributed by atoms with Gasteiger partial charge in [0.05, 0.1) is 12.1 Å². The summed E-state index contributed by atoms with van der Waals surface area (Å²) < 4.78 is 0. The molecule has 1 unspecified atom stereocenters. The molecule has 6 heteroatoms. The van der Waals surface area contributed by atoms with Crippen LogP contribution in [-0.4, -0.2) is 37.0 Å². The van der Waals surface area contributed by atoms with Crippen molar-refractivity contribution in [2.24, 2.45) is 11.8 Å². The normalized spacial score (nSPS) is 23.3. The number of rotatable bonds is 2. The van der Waals surface area contributed by atoms with Gasteiger partial charge < -0.3 is 21.3 Å². The van der Waals surface area contributed by atoms with Crippen molar-refractivity contribution in [3.8, 4) is 0 Å². The maximum atomic E-state index is 12.6. The molecule has 1 aromatic carbocycles. The van der Waals surface area contributed by atoms with E-state index in [-0.39, 0.29) is 35.7 Å². The number of carbonyl (C=O) groups is 2. The summed E-state index contributed by atoms with van der Waals surface area (Å²) in [5.41, 5.74) is 2.27. The van der Waals surface area contributed by atoms with Crippen molar-refractivity contribution in [2.45, 2.75) is 78.6 Å². The molecule has 168 valence electrons. The molecule has 0 saturated carbocycles. The van der Waals surface area contributed by atoms with Crippen LogP contribution in [0.3, 0.4) is 0 Å². The molecule has 2 amide bonds. The van der Waals surface area contributed by atoms with Gasteiger partial charge in [0.1, 0.15) is 0 Å². The van der Waals surface area contributed by atoms with Crippen LogP contribution in [-0.2, 0) is 22.7 Å². The molecule has 0 radical (unpaired) electrons. The Bertz CT molecular complexity index is 622. The molecule has 1 aliphatic rings. The molecule has 0 aliphatic carbocycles. The van der Waals surface area contributed by atoms with E-state index in [4.69, 9.17) is 0 Å². The third-order valence-corrected chi connectivity index (χ3v) is 5.64. The van der Waals surface area contributed by atoms with Gasteiger partial charge in [0.15, 0.2) is 0 Å². The Kier molecular flexibility index (Phi) is 10.3. The lowest BCUT2D eigenvalue weighted by molar-refractivity contribution is -0.125. The predicted octanol–water partition coefficient (Wildman–Crippen LogP) is 2.72. The van der Waals surface area contributed by atoms with Crippen LogP contribution in [0.25, 0.3) is 0 Å². The molecular formula is C24H40N4O2. The van der Waals surface area contributed by atoms with Gasteiger partial charge in [-0.1, -0.05) is 64.8 Å². The van der Waals surface area contributed by atoms with E-state index < -0.39 is 0 Å². The summed E-state index contributed by atoms with van der Waals surface area (Å²) in [5, 5.41) is 13.0. The fourth-order valence-electron chi connectivity index (χ4n) is 3.81. The summed E-state index contributed by atoms with van der Waals surface area (Å²) in [6, 6.07) is 7.90. The SMILES string of the molecule is CC(C)C1NCc2cccc(c2)CN[C@@H](C(C)C)C(=O)NCCCCCCNC1=O. The molecule has 1 heterocycles. The highest BCUT2D eigenvalue weighted by Crippen LogP contribution is 2.10. The molecule has 0 saturated heterocycles. The summed E-state index contributed by atoms with van der Waals surface area (Å²) in [6.07, 6.45) is 4.02. The molecular weight excluding hydrogens is 376 g/mol. The molecule has 1 aliphatic heterocycles. The summed E-state index contributed by atoms with van der Waals surface area (Å²) in [4.78, 5) is 25.2. The number of carbonyl (C=O) groups excluding carboxylic acids is 2. The minimum Gasteiger partial charge on any atom is -0.355 e. The molecule has 0 spiro atoms. The number of benzene rings is 1. The summed E-state index contributed by atoms with van der Waals surface area (Å²) in [6.45, 7) is 11.0. The largest absolute Gasteiger partial charge is 0.355 e. The Morgan fingerprint density at radius 3 is 1.57 bits per heavy atom. The van der Waals surface area contributed by atoms with Crippen molar-refractivity contribution in [1.82, 2.24) is 21.3 Å². The highest BCUT2D eigenvalue weighted by Gasteiger charge is 2.22. The van der Waals surface area contributed by atoms with Crippen LogP contribution < -0.4 is 21.3 Å². The van der Waals surface area contributed by atoms with Gasteiger partial charge in [0.2, 0.25) is 11.8 Å². The first-order valence-corrected chi connectivity index (χ1v) is 11.5. The number of amides is 2. The van der Waals surface area contributed by atoms with E-state index in [9.17, 15) is 9.59 Å². The lowest BCUT2D eigenvalue weighted by atomic mass is 10.0. The van der Waals surface area contributed by atoms with E-state index in [1.165, 1.54) is 0 Å². The highest BCUT2D eigenvalue weighted by molar-refractivity contribution is 5.82. The fourth-order valence-corrected chi connectivity index (χ4v) is 3.81. The Balaban J connectivity index is 2.11. The van der Waals surface area contributed by atoms with Gasteiger partial charge in [-0.25, -0.2) is 0 Å². The van der Waals surface area contributed by atoms with Crippen molar-refractivity contribution in [2.75, 3.05) is 13.1 Å². The van der Waals surface area contributed by atoms with E-state index in [1.54, 1.807) is 0 Å². The average molecular weight is 417 g/mol. The lowest BCUT2D eigenvalue weighted by Gasteiger charge is -2.22. The van der Waals surface area contributed by atoms with Crippen LogP contribution in [0.4, 0.5) is 0 Å². The zero-order valence-electron chi connectivity index (χ0n) is 19.1. The molecule has 1 aromatic rings. The molecule has 2 rings (SSSR count). The maximum Gasteiger partial charge on any atom is 0.237 e. The Morgan fingerprint density at radius 2 is 1.17 bits per heavy atom. The smallest absolute Gasteiger partial charge is 0.237 e. The van der Waals surface area contributed by atoms with Crippen molar-refractivity contribution >= 4 is 11.8 Å². The number of hydrogen-bond donors (Lipinski definition) is 4. The number of fused-ring (bicyclic) bond motifs is 2. The molecule has 4 N–H and O–H groups in total. The average Bonchev–Trinajstić information content (AvgIpc) is 2.69. The molecule has 6 nitrogen and oxygen atoms in total. The topological polar surface area (TPSA) is 82.3 Å². The second kappa shape index (κ2) is 12.7. The van der Waals surface area contributed by atoms with E-state index >= 15 is 0 Å². The van der Waals surface area contributed by atoms with Gasteiger partial charge in [0, 0.05) is 26.2 Å². The zero-order valence-corrected chi connectivity index (χ0v) is 19.1.